The number of carbonyl (C=O) groups excluding carboxylic acids is 2. The molecule has 2 atom stereocenters. The van der Waals surface area contributed by atoms with Crippen molar-refractivity contribution in [3.05, 3.63) is 23.3 Å². The minimum atomic E-state index is -0.0368. The Bertz CT molecular complexity index is 731. The van der Waals surface area contributed by atoms with Gasteiger partial charge in [-0.1, -0.05) is 0 Å². The van der Waals surface area contributed by atoms with E-state index in [9.17, 15) is 9.59 Å². The fraction of sp³-hybridized carbons (Fsp3) is 0.700. The largest absolute Gasteiger partial charge is 0.342 e. The van der Waals surface area contributed by atoms with Gasteiger partial charge in [-0.3, -0.25) is 14.5 Å². The molecule has 2 amide bonds. The zero-order chi connectivity index (χ0) is 19.0. The summed E-state index contributed by atoms with van der Waals surface area (Å²) in [6.07, 6.45) is 6.00. The Morgan fingerprint density at radius 2 is 1.93 bits per heavy atom. The molecule has 7 nitrogen and oxygen atoms in total. The molecule has 7 heteroatoms. The van der Waals surface area contributed by atoms with Crippen LogP contribution in [0.15, 0.2) is 6.20 Å². The van der Waals surface area contributed by atoms with E-state index in [1.807, 2.05) is 22.9 Å². The summed E-state index contributed by atoms with van der Waals surface area (Å²) in [4.78, 5) is 39.9. The van der Waals surface area contributed by atoms with Crippen molar-refractivity contribution in [2.75, 3.05) is 32.7 Å². The molecule has 0 aromatic carbocycles. The number of amides is 2. The maximum atomic E-state index is 12.9. The molecule has 0 saturated carbocycles. The third-order valence-electron chi connectivity index (χ3n) is 6.31. The van der Waals surface area contributed by atoms with Crippen molar-refractivity contribution < 1.29 is 9.59 Å². The van der Waals surface area contributed by atoms with Gasteiger partial charge >= 0.3 is 0 Å². The van der Waals surface area contributed by atoms with Crippen molar-refractivity contribution in [3.63, 3.8) is 0 Å². The molecule has 0 bridgehead atoms. The first-order valence-corrected chi connectivity index (χ1v) is 10.2. The second kappa shape index (κ2) is 7.54. The SMILES string of the molecule is CC(=O)N1CC[C@H](c2ncc3c(n2)CCN(C(=O)[C@H](C)N2CCCC2)C3)C1. The summed E-state index contributed by atoms with van der Waals surface area (Å²) in [7, 11) is 0. The van der Waals surface area contributed by atoms with Crippen LogP contribution in [0.4, 0.5) is 0 Å². The zero-order valence-electron chi connectivity index (χ0n) is 16.4. The molecular weight excluding hydrogens is 342 g/mol. The number of aromatic nitrogens is 2. The molecule has 0 spiro atoms. The molecule has 0 aliphatic carbocycles. The predicted octanol–water partition coefficient (Wildman–Crippen LogP) is 1.18. The number of hydrogen-bond donors (Lipinski definition) is 0. The lowest BCUT2D eigenvalue weighted by Crippen LogP contribution is -2.47. The van der Waals surface area contributed by atoms with E-state index in [-0.39, 0.29) is 23.8 Å². The quantitative estimate of drug-likeness (QED) is 0.798. The van der Waals surface area contributed by atoms with Gasteiger partial charge < -0.3 is 9.80 Å². The van der Waals surface area contributed by atoms with Gasteiger partial charge in [-0.05, 0) is 39.3 Å². The average Bonchev–Trinajstić information content (AvgIpc) is 3.38. The highest BCUT2D eigenvalue weighted by Gasteiger charge is 2.32. The Balaban J connectivity index is 1.42. The van der Waals surface area contributed by atoms with Crippen molar-refractivity contribution in [3.8, 4) is 0 Å². The van der Waals surface area contributed by atoms with Gasteiger partial charge in [0.05, 0.1) is 11.7 Å². The molecule has 0 N–H and O–H groups in total. The molecule has 3 aliphatic heterocycles. The van der Waals surface area contributed by atoms with E-state index in [0.29, 0.717) is 13.1 Å². The summed E-state index contributed by atoms with van der Waals surface area (Å²) >= 11 is 0. The van der Waals surface area contributed by atoms with Crippen LogP contribution in [0.5, 0.6) is 0 Å². The Morgan fingerprint density at radius 1 is 1.15 bits per heavy atom. The van der Waals surface area contributed by atoms with Gasteiger partial charge in [-0.15, -0.1) is 0 Å². The molecule has 1 aromatic rings. The number of hydrogen-bond acceptors (Lipinski definition) is 5. The monoisotopic (exact) mass is 371 g/mol. The molecule has 4 rings (SSSR count). The van der Waals surface area contributed by atoms with E-state index in [1.165, 1.54) is 12.8 Å². The fourth-order valence-electron chi connectivity index (χ4n) is 4.52. The van der Waals surface area contributed by atoms with Gasteiger partial charge in [-0.25, -0.2) is 9.97 Å². The van der Waals surface area contributed by atoms with E-state index in [0.717, 1.165) is 56.1 Å². The van der Waals surface area contributed by atoms with E-state index in [1.54, 1.807) is 6.92 Å². The predicted molar refractivity (Wildman–Crippen MR) is 101 cm³/mol. The first kappa shape index (κ1) is 18.3. The van der Waals surface area contributed by atoms with Gasteiger partial charge in [0, 0.05) is 57.2 Å². The number of nitrogens with zero attached hydrogens (tertiary/aromatic N) is 5. The molecule has 146 valence electrons. The van der Waals surface area contributed by atoms with Crippen molar-refractivity contribution in [1.82, 2.24) is 24.7 Å². The van der Waals surface area contributed by atoms with Gasteiger partial charge in [0.15, 0.2) is 0 Å². The number of likely N-dealkylation sites (tertiary alicyclic amines) is 2. The van der Waals surface area contributed by atoms with Crippen LogP contribution >= 0.6 is 0 Å². The Hall–Kier alpha value is -2.02. The Kier molecular flexibility index (Phi) is 5.12. The summed E-state index contributed by atoms with van der Waals surface area (Å²) in [5, 5.41) is 0. The molecule has 2 saturated heterocycles. The lowest BCUT2D eigenvalue weighted by Gasteiger charge is -2.33. The van der Waals surface area contributed by atoms with Crippen LogP contribution in [-0.2, 0) is 22.6 Å². The van der Waals surface area contributed by atoms with Crippen molar-refractivity contribution >= 4 is 11.8 Å². The van der Waals surface area contributed by atoms with E-state index in [2.05, 4.69) is 9.88 Å². The minimum Gasteiger partial charge on any atom is -0.342 e. The van der Waals surface area contributed by atoms with Gasteiger partial charge in [0.2, 0.25) is 11.8 Å². The molecule has 27 heavy (non-hydrogen) atoms. The lowest BCUT2D eigenvalue weighted by molar-refractivity contribution is -0.137. The maximum Gasteiger partial charge on any atom is 0.239 e. The molecule has 1 aromatic heterocycles. The van der Waals surface area contributed by atoms with Crippen LogP contribution in [-0.4, -0.2) is 75.2 Å². The molecule has 2 fully saturated rings. The Labute approximate surface area is 160 Å². The van der Waals surface area contributed by atoms with E-state index < -0.39 is 0 Å². The van der Waals surface area contributed by atoms with Gasteiger partial charge in [0.25, 0.3) is 0 Å². The Morgan fingerprint density at radius 3 is 2.63 bits per heavy atom. The summed E-state index contributed by atoms with van der Waals surface area (Å²) in [5.74, 6) is 1.42. The first-order valence-electron chi connectivity index (χ1n) is 10.2. The van der Waals surface area contributed by atoms with E-state index in [4.69, 9.17) is 4.98 Å². The van der Waals surface area contributed by atoms with Crippen LogP contribution in [0.2, 0.25) is 0 Å². The highest BCUT2D eigenvalue weighted by Crippen LogP contribution is 2.27. The van der Waals surface area contributed by atoms with Crippen LogP contribution < -0.4 is 0 Å². The third kappa shape index (κ3) is 3.70. The van der Waals surface area contributed by atoms with E-state index >= 15 is 0 Å². The molecule has 0 unspecified atom stereocenters. The number of rotatable bonds is 3. The van der Waals surface area contributed by atoms with Gasteiger partial charge in [-0.2, -0.15) is 0 Å². The lowest BCUT2D eigenvalue weighted by atomic mass is 10.0. The maximum absolute atomic E-state index is 12.9. The third-order valence-corrected chi connectivity index (χ3v) is 6.31. The normalized spacial score (nSPS) is 24.1. The van der Waals surface area contributed by atoms with Crippen molar-refractivity contribution in [2.45, 2.75) is 58.0 Å². The van der Waals surface area contributed by atoms with Crippen LogP contribution in [0.3, 0.4) is 0 Å². The summed E-state index contributed by atoms with van der Waals surface area (Å²) in [6, 6.07) is -0.0368. The smallest absolute Gasteiger partial charge is 0.239 e. The van der Waals surface area contributed by atoms with Crippen molar-refractivity contribution in [2.24, 2.45) is 0 Å². The zero-order valence-corrected chi connectivity index (χ0v) is 16.4. The second-order valence-electron chi connectivity index (χ2n) is 8.08. The van der Waals surface area contributed by atoms with Crippen molar-refractivity contribution in [1.29, 1.82) is 0 Å². The minimum absolute atomic E-state index is 0.0368. The molecule has 4 heterocycles. The van der Waals surface area contributed by atoms with Crippen LogP contribution in [0, 0.1) is 0 Å². The summed E-state index contributed by atoms with van der Waals surface area (Å²) in [5.41, 5.74) is 2.13. The number of fused-ring (bicyclic) bond motifs is 1. The van der Waals surface area contributed by atoms with Gasteiger partial charge in [0.1, 0.15) is 5.82 Å². The highest BCUT2D eigenvalue weighted by molar-refractivity contribution is 5.81. The average molecular weight is 371 g/mol. The molecule has 3 aliphatic rings. The fourth-order valence-corrected chi connectivity index (χ4v) is 4.52. The van der Waals surface area contributed by atoms with Crippen LogP contribution in [0.25, 0.3) is 0 Å². The second-order valence-corrected chi connectivity index (χ2v) is 8.08. The molecular formula is C20H29N5O2. The first-order chi connectivity index (χ1) is 13.0. The number of carbonyl (C=O) groups is 2. The topological polar surface area (TPSA) is 69.6 Å². The van der Waals surface area contributed by atoms with Crippen LogP contribution in [0.1, 0.15) is 56.1 Å². The standard InChI is InChI=1S/C20H29N5O2/c1-14(23-7-3-4-8-23)20(27)25-10-6-18-17(13-25)11-21-19(22-18)16-5-9-24(12-16)15(2)26/h11,14,16H,3-10,12-13H2,1-2H3/t14-,16-/m0/s1. The summed E-state index contributed by atoms with van der Waals surface area (Å²) in [6.45, 7) is 8.55. The summed E-state index contributed by atoms with van der Waals surface area (Å²) < 4.78 is 0. The highest BCUT2D eigenvalue weighted by atomic mass is 16.2. The molecule has 0 radical (unpaired) electrons.